The summed E-state index contributed by atoms with van der Waals surface area (Å²) in [6, 6.07) is 0.259. The molecule has 1 aromatic heterocycles. The molecule has 0 spiro atoms. The van der Waals surface area contributed by atoms with Crippen molar-refractivity contribution in [2.45, 2.75) is 51.8 Å². The van der Waals surface area contributed by atoms with Crippen LogP contribution in [0.25, 0.3) is 0 Å². The standard InChI is InChI=1S/C14H25N3OS/c1-4-11-5-6-15-12(7-11)14-16-13(17-18-14)9-19-8-10(2)3/h10-12,15H,4-9H2,1-3H3. The number of nitrogens with zero attached hydrogens (tertiary/aromatic N) is 2. The van der Waals surface area contributed by atoms with E-state index in [2.05, 4.69) is 36.2 Å². The summed E-state index contributed by atoms with van der Waals surface area (Å²) >= 11 is 1.87. The zero-order valence-electron chi connectivity index (χ0n) is 12.2. The van der Waals surface area contributed by atoms with E-state index in [0.717, 1.165) is 42.1 Å². The lowest BCUT2D eigenvalue weighted by Gasteiger charge is -2.27. The van der Waals surface area contributed by atoms with Gasteiger partial charge in [-0.3, -0.25) is 0 Å². The number of hydrogen-bond donors (Lipinski definition) is 1. The average molecular weight is 283 g/mol. The maximum atomic E-state index is 5.42. The van der Waals surface area contributed by atoms with E-state index >= 15 is 0 Å². The molecule has 2 rings (SSSR count). The Balaban J connectivity index is 1.85. The van der Waals surface area contributed by atoms with Gasteiger partial charge in [-0.1, -0.05) is 32.3 Å². The molecule has 1 saturated heterocycles. The fourth-order valence-corrected chi connectivity index (χ4v) is 3.30. The predicted molar refractivity (Wildman–Crippen MR) is 79.1 cm³/mol. The number of rotatable bonds is 6. The average Bonchev–Trinajstić information content (AvgIpc) is 2.87. The maximum Gasteiger partial charge on any atom is 0.243 e. The molecule has 1 aliphatic heterocycles. The minimum absolute atomic E-state index is 0.259. The predicted octanol–water partition coefficient (Wildman–Crippen LogP) is 3.41. The monoisotopic (exact) mass is 283 g/mol. The van der Waals surface area contributed by atoms with E-state index in [1.165, 1.54) is 12.8 Å². The van der Waals surface area contributed by atoms with Crippen LogP contribution in [0, 0.1) is 11.8 Å². The van der Waals surface area contributed by atoms with Crippen molar-refractivity contribution in [2.75, 3.05) is 12.3 Å². The molecule has 1 aromatic rings. The first-order chi connectivity index (χ1) is 9.19. The first kappa shape index (κ1) is 14.9. The van der Waals surface area contributed by atoms with Crippen molar-refractivity contribution in [3.05, 3.63) is 11.7 Å². The molecule has 2 heterocycles. The second-order valence-corrected chi connectivity index (χ2v) is 6.79. The van der Waals surface area contributed by atoms with Crippen LogP contribution in [0.5, 0.6) is 0 Å². The molecular weight excluding hydrogens is 258 g/mol. The van der Waals surface area contributed by atoms with Crippen LogP contribution in [0.4, 0.5) is 0 Å². The summed E-state index contributed by atoms with van der Waals surface area (Å²) in [5.74, 6) is 5.10. The van der Waals surface area contributed by atoms with E-state index < -0.39 is 0 Å². The van der Waals surface area contributed by atoms with Gasteiger partial charge in [-0.05, 0) is 37.0 Å². The zero-order valence-corrected chi connectivity index (χ0v) is 13.0. The van der Waals surface area contributed by atoms with Gasteiger partial charge in [0, 0.05) is 0 Å². The fraction of sp³-hybridized carbons (Fsp3) is 0.857. The summed E-state index contributed by atoms with van der Waals surface area (Å²) in [7, 11) is 0. The molecule has 0 aromatic carbocycles. The van der Waals surface area contributed by atoms with Crippen LogP contribution in [0.1, 0.15) is 57.8 Å². The Kier molecular flexibility index (Phi) is 5.70. The summed E-state index contributed by atoms with van der Waals surface area (Å²) in [6.07, 6.45) is 3.62. The highest BCUT2D eigenvalue weighted by Crippen LogP contribution is 2.28. The molecular formula is C14H25N3OS. The van der Waals surface area contributed by atoms with Crippen molar-refractivity contribution >= 4 is 11.8 Å². The molecule has 1 aliphatic rings. The van der Waals surface area contributed by atoms with Gasteiger partial charge in [0.2, 0.25) is 5.89 Å². The van der Waals surface area contributed by atoms with Crippen LogP contribution < -0.4 is 5.32 Å². The molecule has 1 fully saturated rings. The molecule has 108 valence electrons. The molecule has 1 N–H and O–H groups in total. The van der Waals surface area contributed by atoms with Crippen molar-refractivity contribution in [3.63, 3.8) is 0 Å². The van der Waals surface area contributed by atoms with E-state index in [1.54, 1.807) is 0 Å². The Morgan fingerprint density at radius 2 is 2.32 bits per heavy atom. The highest BCUT2D eigenvalue weighted by atomic mass is 32.2. The van der Waals surface area contributed by atoms with Gasteiger partial charge in [-0.2, -0.15) is 16.7 Å². The minimum atomic E-state index is 0.259. The third-order valence-corrected chi connectivity index (χ3v) is 4.92. The molecule has 0 saturated carbocycles. The summed E-state index contributed by atoms with van der Waals surface area (Å²) in [5, 5.41) is 7.58. The van der Waals surface area contributed by atoms with Crippen LogP contribution in [0.15, 0.2) is 4.52 Å². The summed E-state index contributed by atoms with van der Waals surface area (Å²) in [6.45, 7) is 7.77. The van der Waals surface area contributed by atoms with E-state index in [4.69, 9.17) is 4.52 Å². The molecule has 0 amide bonds. The lowest BCUT2D eigenvalue weighted by Crippen LogP contribution is -2.31. The van der Waals surface area contributed by atoms with E-state index in [-0.39, 0.29) is 6.04 Å². The Bertz CT molecular complexity index is 381. The zero-order chi connectivity index (χ0) is 13.7. The molecule has 0 radical (unpaired) electrons. The Morgan fingerprint density at radius 3 is 3.05 bits per heavy atom. The van der Waals surface area contributed by atoms with Crippen LogP contribution in [-0.4, -0.2) is 22.4 Å². The van der Waals surface area contributed by atoms with Crippen molar-refractivity contribution < 1.29 is 4.52 Å². The summed E-state index contributed by atoms with van der Waals surface area (Å²) in [5.41, 5.74) is 0. The van der Waals surface area contributed by atoms with Crippen molar-refractivity contribution in [3.8, 4) is 0 Å². The molecule has 19 heavy (non-hydrogen) atoms. The van der Waals surface area contributed by atoms with Gasteiger partial charge in [0.05, 0.1) is 11.8 Å². The second kappa shape index (κ2) is 7.29. The number of thioether (sulfide) groups is 1. The molecule has 4 nitrogen and oxygen atoms in total. The Morgan fingerprint density at radius 1 is 1.47 bits per heavy atom. The Hall–Kier alpha value is -0.550. The third kappa shape index (κ3) is 4.49. The number of piperidine rings is 1. The second-order valence-electron chi connectivity index (χ2n) is 5.76. The van der Waals surface area contributed by atoms with Gasteiger partial charge in [0.25, 0.3) is 0 Å². The number of hydrogen-bond acceptors (Lipinski definition) is 5. The Labute approximate surface area is 120 Å². The topological polar surface area (TPSA) is 51.0 Å². The van der Waals surface area contributed by atoms with Gasteiger partial charge in [0.15, 0.2) is 5.82 Å². The van der Waals surface area contributed by atoms with Crippen LogP contribution >= 0.6 is 11.8 Å². The number of nitrogens with one attached hydrogen (secondary N) is 1. The van der Waals surface area contributed by atoms with Gasteiger partial charge < -0.3 is 9.84 Å². The highest BCUT2D eigenvalue weighted by molar-refractivity contribution is 7.98. The SMILES string of the molecule is CCC1CCNC(c2nc(CSCC(C)C)no2)C1. The third-order valence-electron chi connectivity index (χ3n) is 3.55. The van der Waals surface area contributed by atoms with Crippen LogP contribution in [0.3, 0.4) is 0 Å². The fourth-order valence-electron chi connectivity index (χ4n) is 2.41. The van der Waals surface area contributed by atoms with Crippen LogP contribution in [-0.2, 0) is 5.75 Å². The molecule has 2 unspecified atom stereocenters. The van der Waals surface area contributed by atoms with Crippen molar-refractivity contribution in [1.29, 1.82) is 0 Å². The number of aromatic nitrogens is 2. The van der Waals surface area contributed by atoms with Gasteiger partial charge in [0.1, 0.15) is 0 Å². The quantitative estimate of drug-likeness (QED) is 0.867. The normalized spacial score (nSPS) is 24.0. The van der Waals surface area contributed by atoms with Crippen molar-refractivity contribution in [1.82, 2.24) is 15.5 Å². The lowest BCUT2D eigenvalue weighted by atomic mass is 9.90. The van der Waals surface area contributed by atoms with Crippen molar-refractivity contribution in [2.24, 2.45) is 11.8 Å². The lowest BCUT2D eigenvalue weighted by molar-refractivity contribution is 0.245. The molecule has 0 aliphatic carbocycles. The molecule has 2 atom stereocenters. The van der Waals surface area contributed by atoms with E-state index in [1.807, 2.05) is 11.8 Å². The first-order valence-corrected chi connectivity index (χ1v) is 8.48. The van der Waals surface area contributed by atoms with Crippen LogP contribution in [0.2, 0.25) is 0 Å². The molecule has 0 bridgehead atoms. The minimum Gasteiger partial charge on any atom is -0.338 e. The largest absolute Gasteiger partial charge is 0.338 e. The summed E-state index contributed by atoms with van der Waals surface area (Å²) in [4.78, 5) is 4.54. The molecule has 5 heteroatoms. The van der Waals surface area contributed by atoms with Gasteiger partial charge >= 0.3 is 0 Å². The maximum absolute atomic E-state index is 5.42. The van der Waals surface area contributed by atoms with Gasteiger partial charge in [-0.25, -0.2) is 0 Å². The van der Waals surface area contributed by atoms with E-state index in [9.17, 15) is 0 Å². The first-order valence-electron chi connectivity index (χ1n) is 7.32. The smallest absolute Gasteiger partial charge is 0.243 e. The van der Waals surface area contributed by atoms with E-state index in [0.29, 0.717) is 5.92 Å². The summed E-state index contributed by atoms with van der Waals surface area (Å²) < 4.78 is 5.42. The highest BCUT2D eigenvalue weighted by Gasteiger charge is 2.25. The van der Waals surface area contributed by atoms with Gasteiger partial charge in [-0.15, -0.1) is 0 Å².